The summed E-state index contributed by atoms with van der Waals surface area (Å²) in [5.74, 6) is -0.390. The van der Waals surface area contributed by atoms with E-state index in [1.807, 2.05) is 41.8 Å². The van der Waals surface area contributed by atoms with Gasteiger partial charge in [-0.1, -0.05) is 24.3 Å². The summed E-state index contributed by atoms with van der Waals surface area (Å²) in [5, 5.41) is 2.75. The van der Waals surface area contributed by atoms with Gasteiger partial charge in [-0.25, -0.2) is 0 Å². The third kappa shape index (κ3) is 3.66. The number of aryl methyl sites for hydroxylation is 1. The van der Waals surface area contributed by atoms with Gasteiger partial charge in [-0.3, -0.25) is 9.59 Å². The standard InChI is InChI=1S/C21H23N3O4/c1-15-4-2-3-5-16(15)14-24-17-6-9-28-19(17)12-18(24)21(26)22-13-20(25)23-7-10-27-11-8-23/h2-6,9,12H,7-8,10-11,13-14H2,1H3,(H,22,26). The van der Waals surface area contributed by atoms with E-state index in [1.165, 1.54) is 0 Å². The minimum absolute atomic E-state index is 0.0320. The SMILES string of the molecule is Cc1ccccc1Cn1c(C(=O)NCC(=O)N2CCOCC2)cc2occc21. The Balaban J connectivity index is 1.53. The van der Waals surface area contributed by atoms with E-state index in [9.17, 15) is 9.59 Å². The molecule has 0 unspecified atom stereocenters. The molecule has 4 rings (SSSR count). The molecular weight excluding hydrogens is 358 g/mol. The minimum Gasteiger partial charge on any atom is -0.463 e. The number of benzene rings is 1. The minimum atomic E-state index is -0.290. The molecule has 0 aliphatic carbocycles. The zero-order valence-electron chi connectivity index (χ0n) is 15.8. The van der Waals surface area contributed by atoms with Crippen LogP contribution in [-0.4, -0.2) is 54.1 Å². The highest BCUT2D eigenvalue weighted by Crippen LogP contribution is 2.23. The molecule has 28 heavy (non-hydrogen) atoms. The fraction of sp³-hybridized carbons (Fsp3) is 0.333. The summed E-state index contributed by atoms with van der Waals surface area (Å²) < 4.78 is 12.7. The van der Waals surface area contributed by atoms with Crippen LogP contribution in [0.2, 0.25) is 0 Å². The summed E-state index contributed by atoms with van der Waals surface area (Å²) in [6.07, 6.45) is 1.61. The average molecular weight is 381 g/mol. The van der Waals surface area contributed by atoms with Gasteiger partial charge in [0.25, 0.3) is 5.91 Å². The van der Waals surface area contributed by atoms with Crippen molar-refractivity contribution < 1.29 is 18.7 Å². The highest BCUT2D eigenvalue weighted by Gasteiger charge is 2.21. The van der Waals surface area contributed by atoms with Crippen LogP contribution in [0, 0.1) is 6.92 Å². The lowest BCUT2D eigenvalue weighted by molar-refractivity contribution is -0.134. The number of nitrogens with zero attached hydrogens (tertiary/aromatic N) is 2. The zero-order valence-corrected chi connectivity index (χ0v) is 15.8. The second-order valence-electron chi connectivity index (χ2n) is 6.89. The lowest BCUT2D eigenvalue weighted by Gasteiger charge is -2.26. The Morgan fingerprint density at radius 1 is 1.14 bits per heavy atom. The number of aromatic nitrogens is 1. The molecule has 3 aromatic rings. The summed E-state index contributed by atoms with van der Waals surface area (Å²) >= 11 is 0. The number of carbonyl (C=O) groups is 2. The molecule has 3 heterocycles. The zero-order chi connectivity index (χ0) is 19.5. The van der Waals surface area contributed by atoms with Crippen molar-refractivity contribution in [2.45, 2.75) is 13.5 Å². The van der Waals surface area contributed by atoms with Crippen molar-refractivity contribution in [3.8, 4) is 0 Å². The molecule has 7 heteroatoms. The van der Waals surface area contributed by atoms with Gasteiger partial charge in [0.05, 0.1) is 31.5 Å². The number of carbonyl (C=O) groups excluding carboxylic acids is 2. The molecule has 1 N–H and O–H groups in total. The largest absolute Gasteiger partial charge is 0.463 e. The number of fused-ring (bicyclic) bond motifs is 1. The van der Waals surface area contributed by atoms with Crippen LogP contribution in [-0.2, 0) is 16.1 Å². The third-order valence-corrected chi connectivity index (χ3v) is 5.11. The molecular formula is C21H23N3O4. The molecule has 2 amide bonds. The van der Waals surface area contributed by atoms with Gasteiger partial charge in [0.2, 0.25) is 5.91 Å². The topological polar surface area (TPSA) is 76.7 Å². The molecule has 0 atom stereocenters. The van der Waals surface area contributed by atoms with E-state index in [4.69, 9.17) is 9.15 Å². The smallest absolute Gasteiger partial charge is 0.268 e. The Morgan fingerprint density at radius 2 is 1.93 bits per heavy atom. The fourth-order valence-electron chi connectivity index (χ4n) is 3.46. The van der Waals surface area contributed by atoms with Gasteiger partial charge in [-0.2, -0.15) is 0 Å². The van der Waals surface area contributed by atoms with E-state index in [-0.39, 0.29) is 18.4 Å². The van der Waals surface area contributed by atoms with Gasteiger partial charge >= 0.3 is 0 Å². The first-order chi connectivity index (χ1) is 13.6. The van der Waals surface area contributed by atoms with Crippen LogP contribution in [0.1, 0.15) is 21.6 Å². The molecule has 1 fully saturated rings. The molecule has 1 aliphatic heterocycles. The number of ether oxygens (including phenoxy) is 1. The Labute approximate surface area is 162 Å². The average Bonchev–Trinajstić information content (AvgIpc) is 3.31. The molecule has 2 aromatic heterocycles. The number of amides is 2. The van der Waals surface area contributed by atoms with E-state index < -0.39 is 0 Å². The quantitative estimate of drug-likeness (QED) is 0.735. The first-order valence-electron chi connectivity index (χ1n) is 9.38. The van der Waals surface area contributed by atoms with Gasteiger partial charge in [0, 0.05) is 31.8 Å². The van der Waals surface area contributed by atoms with Crippen molar-refractivity contribution in [3.63, 3.8) is 0 Å². The molecule has 0 radical (unpaired) electrons. The molecule has 1 aliphatic rings. The maximum Gasteiger partial charge on any atom is 0.268 e. The van der Waals surface area contributed by atoms with Gasteiger partial charge in [0.15, 0.2) is 5.58 Å². The summed E-state index contributed by atoms with van der Waals surface area (Å²) in [6, 6.07) is 11.6. The van der Waals surface area contributed by atoms with E-state index in [1.54, 1.807) is 17.2 Å². The molecule has 0 bridgehead atoms. The fourth-order valence-corrected chi connectivity index (χ4v) is 3.46. The van der Waals surface area contributed by atoms with E-state index in [0.29, 0.717) is 44.1 Å². The predicted octanol–water partition coefficient (Wildman–Crippen LogP) is 2.18. The third-order valence-electron chi connectivity index (χ3n) is 5.11. The van der Waals surface area contributed by atoms with Crippen LogP contribution in [0.25, 0.3) is 11.1 Å². The summed E-state index contributed by atoms with van der Waals surface area (Å²) in [4.78, 5) is 26.8. The maximum atomic E-state index is 12.8. The number of hydrogen-bond acceptors (Lipinski definition) is 4. The summed E-state index contributed by atoms with van der Waals surface area (Å²) in [7, 11) is 0. The van der Waals surface area contributed by atoms with Crippen molar-refractivity contribution >= 4 is 22.9 Å². The lowest BCUT2D eigenvalue weighted by Crippen LogP contribution is -2.45. The number of nitrogens with one attached hydrogen (secondary N) is 1. The van der Waals surface area contributed by atoms with E-state index in [2.05, 4.69) is 5.32 Å². The molecule has 0 saturated carbocycles. The Bertz CT molecular complexity index is 998. The normalized spacial score (nSPS) is 14.4. The molecule has 1 saturated heterocycles. The number of morpholine rings is 1. The van der Waals surface area contributed by atoms with E-state index >= 15 is 0 Å². The molecule has 146 valence electrons. The first-order valence-corrected chi connectivity index (χ1v) is 9.38. The van der Waals surface area contributed by atoms with Gasteiger partial charge in [-0.15, -0.1) is 0 Å². The summed E-state index contributed by atoms with van der Waals surface area (Å²) in [6.45, 7) is 4.76. The van der Waals surface area contributed by atoms with Crippen molar-refractivity contribution in [2.24, 2.45) is 0 Å². The van der Waals surface area contributed by atoms with Crippen LogP contribution in [0.5, 0.6) is 0 Å². The number of hydrogen-bond donors (Lipinski definition) is 1. The Kier molecular flexibility index (Phi) is 5.16. The molecule has 0 spiro atoms. The molecule has 1 aromatic carbocycles. The van der Waals surface area contributed by atoms with Crippen LogP contribution in [0.3, 0.4) is 0 Å². The molecule has 7 nitrogen and oxygen atoms in total. The van der Waals surface area contributed by atoms with Crippen LogP contribution >= 0.6 is 0 Å². The first kappa shape index (κ1) is 18.3. The highest BCUT2D eigenvalue weighted by atomic mass is 16.5. The van der Waals surface area contributed by atoms with Crippen molar-refractivity contribution in [3.05, 3.63) is 59.5 Å². The Hall–Kier alpha value is -3.06. The number of furan rings is 1. The Morgan fingerprint density at radius 3 is 2.71 bits per heavy atom. The lowest BCUT2D eigenvalue weighted by atomic mass is 10.1. The second kappa shape index (κ2) is 7.90. The van der Waals surface area contributed by atoms with Crippen LogP contribution < -0.4 is 5.32 Å². The van der Waals surface area contributed by atoms with Crippen LogP contribution in [0.15, 0.2) is 47.1 Å². The summed E-state index contributed by atoms with van der Waals surface area (Å²) in [5.41, 5.74) is 4.26. The van der Waals surface area contributed by atoms with Gasteiger partial charge in [-0.05, 0) is 18.1 Å². The van der Waals surface area contributed by atoms with Crippen LogP contribution in [0.4, 0.5) is 0 Å². The second-order valence-corrected chi connectivity index (χ2v) is 6.89. The number of rotatable bonds is 5. The maximum absolute atomic E-state index is 12.8. The van der Waals surface area contributed by atoms with Gasteiger partial charge < -0.3 is 23.9 Å². The van der Waals surface area contributed by atoms with Crippen molar-refractivity contribution in [2.75, 3.05) is 32.8 Å². The monoisotopic (exact) mass is 381 g/mol. The van der Waals surface area contributed by atoms with E-state index in [0.717, 1.165) is 16.6 Å². The van der Waals surface area contributed by atoms with Crippen molar-refractivity contribution in [1.29, 1.82) is 0 Å². The van der Waals surface area contributed by atoms with Gasteiger partial charge in [0.1, 0.15) is 5.69 Å². The highest BCUT2D eigenvalue weighted by molar-refractivity contribution is 5.99. The predicted molar refractivity (Wildman–Crippen MR) is 104 cm³/mol. The van der Waals surface area contributed by atoms with Crippen molar-refractivity contribution in [1.82, 2.24) is 14.8 Å².